The van der Waals surface area contributed by atoms with Gasteiger partial charge in [-0.2, -0.15) is 0 Å². The molecule has 1 atom stereocenters. The molecule has 0 unspecified atom stereocenters. The first kappa shape index (κ1) is 21.2. The van der Waals surface area contributed by atoms with E-state index in [0.717, 1.165) is 17.2 Å². The highest BCUT2D eigenvalue weighted by Gasteiger charge is 2.36. The van der Waals surface area contributed by atoms with Crippen LogP contribution in [0.5, 0.6) is 0 Å². The maximum atomic E-state index is 13.4. The Morgan fingerprint density at radius 2 is 1.87 bits per heavy atom. The minimum absolute atomic E-state index is 0.00901. The Bertz CT molecular complexity index is 1330. The molecule has 0 aliphatic carbocycles. The van der Waals surface area contributed by atoms with Crippen LogP contribution >= 0.6 is 0 Å². The Kier molecular flexibility index (Phi) is 5.43. The second-order valence-electron chi connectivity index (χ2n) is 8.05. The molecule has 31 heavy (non-hydrogen) atoms. The second kappa shape index (κ2) is 7.92. The number of carbonyl (C=O) groups is 1. The second-order valence-corrected chi connectivity index (χ2v) is 10.3. The average molecular weight is 443 g/mol. The lowest BCUT2D eigenvalue weighted by Crippen LogP contribution is -2.41. The van der Waals surface area contributed by atoms with E-state index in [-0.39, 0.29) is 29.2 Å². The van der Waals surface area contributed by atoms with Gasteiger partial charge in [0.05, 0.1) is 16.9 Å². The summed E-state index contributed by atoms with van der Waals surface area (Å²) in [5.41, 5.74) is 2.29. The van der Waals surface area contributed by atoms with Gasteiger partial charge in [-0.25, -0.2) is 12.8 Å². The summed E-state index contributed by atoms with van der Waals surface area (Å²) in [6.45, 7) is 3.75. The van der Waals surface area contributed by atoms with E-state index in [0.29, 0.717) is 23.0 Å². The Labute approximate surface area is 179 Å². The first-order valence-corrected chi connectivity index (χ1v) is 11.8. The summed E-state index contributed by atoms with van der Waals surface area (Å²) in [7, 11) is -3.26. The molecule has 1 saturated heterocycles. The Morgan fingerprint density at radius 3 is 2.52 bits per heavy atom. The van der Waals surface area contributed by atoms with Crippen molar-refractivity contribution >= 4 is 26.7 Å². The smallest absolute Gasteiger partial charge is 0.290 e. The lowest BCUT2D eigenvalue weighted by atomic mass is 10.1. The minimum Gasteiger partial charge on any atom is -0.450 e. The van der Waals surface area contributed by atoms with E-state index in [1.54, 1.807) is 25.1 Å². The summed E-state index contributed by atoms with van der Waals surface area (Å²) >= 11 is 0. The number of rotatable bonds is 4. The zero-order chi connectivity index (χ0) is 22.3. The van der Waals surface area contributed by atoms with E-state index < -0.39 is 27.6 Å². The van der Waals surface area contributed by atoms with E-state index in [2.05, 4.69) is 0 Å². The zero-order valence-corrected chi connectivity index (χ0v) is 18.0. The molecular formula is C23H22FNO5S. The zero-order valence-electron chi connectivity index (χ0n) is 17.2. The third kappa shape index (κ3) is 4.39. The highest BCUT2D eigenvalue weighted by molar-refractivity contribution is 7.91. The third-order valence-corrected chi connectivity index (χ3v) is 7.30. The molecule has 0 radical (unpaired) electrons. The van der Waals surface area contributed by atoms with Crippen LogP contribution in [0.15, 0.2) is 51.7 Å². The van der Waals surface area contributed by atoms with Gasteiger partial charge in [-0.05, 0) is 55.2 Å². The Balaban J connectivity index is 1.76. The predicted octanol–water partition coefficient (Wildman–Crippen LogP) is 3.38. The molecule has 2 aromatic carbocycles. The van der Waals surface area contributed by atoms with Gasteiger partial charge in [-0.3, -0.25) is 9.59 Å². The average Bonchev–Trinajstić information content (AvgIpc) is 3.07. The minimum atomic E-state index is -3.26. The number of nitrogens with zero attached hydrogens (tertiary/aromatic N) is 1. The fourth-order valence-electron chi connectivity index (χ4n) is 4.03. The quantitative estimate of drug-likeness (QED) is 0.617. The van der Waals surface area contributed by atoms with Gasteiger partial charge < -0.3 is 9.32 Å². The highest BCUT2D eigenvalue weighted by Crippen LogP contribution is 2.24. The van der Waals surface area contributed by atoms with Crippen molar-refractivity contribution < 1.29 is 22.0 Å². The van der Waals surface area contributed by atoms with Crippen LogP contribution in [0, 0.1) is 19.7 Å². The van der Waals surface area contributed by atoms with Crippen LogP contribution in [-0.2, 0) is 16.4 Å². The molecule has 1 fully saturated rings. The third-order valence-electron chi connectivity index (χ3n) is 5.55. The van der Waals surface area contributed by atoms with Crippen molar-refractivity contribution in [3.63, 3.8) is 0 Å². The van der Waals surface area contributed by atoms with Crippen molar-refractivity contribution in [2.45, 2.75) is 32.9 Å². The van der Waals surface area contributed by atoms with Crippen LogP contribution in [0.2, 0.25) is 0 Å². The van der Waals surface area contributed by atoms with E-state index in [9.17, 15) is 22.4 Å². The first-order chi connectivity index (χ1) is 14.6. The molecule has 3 aromatic rings. The van der Waals surface area contributed by atoms with Crippen LogP contribution in [0.25, 0.3) is 11.0 Å². The van der Waals surface area contributed by atoms with E-state index >= 15 is 0 Å². The Morgan fingerprint density at radius 1 is 1.16 bits per heavy atom. The number of carbonyl (C=O) groups excluding carboxylic acids is 1. The molecule has 4 rings (SSSR count). The fourth-order valence-corrected chi connectivity index (χ4v) is 5.76. The molecule has 0 saturated carbocycles. The van der Waals surface area contributed by atoms with Gasteiger partial charge in [0.25, 0.3) is 5.91 Å². The summed E-state index contributed by atoms with van der Waals surface area (Å²) in [5, 5.41) is 0.391. The van der Waals surface area contributed by atoms with Crippen LogP contribution in [0.4, 0.5) is 4.39 Å². The first-order valence-electron chi connectivity index (χ1n) is 9.94. The molecule has 162 valence electrons. The largest absolute Gasteiger partial charge is 0.450 e. The van der Waals surface area contributed by atoms with Gasteiger partial charge in [0, 0.05) is 18.7 Å². The topological polar surface area (TPSA) is 84.7 Å². The molecule has 0 spiro atoms. The summed E-state index contributed by atoms with van der Waals surface area (Å²) < 4.78 is 43.2. The van der Waals surface area contributed by atoms with Gasteiger partial charge in [0.15, 0.2) is 21.0 Å². The summed E-state index contributed by atoms with van der Waals surface area (Å²) in [6.07, 6.45) is 0.297. The van der Waals surface area contributed by atoms with E-state index in [4.69, 9.17) is 4.42 Å². The highest BCUT2D eigenvalue weighted by atomic mass is 32.2. The standard InChI is InChI=1S/C23H22FNO5S/c1-14-9-15(2)22-19(10-14)20(26)11-21(30-22)23(27)25(18-7-8-31(28,29)13-18)12-16-3-5-17(24)6-4-16/h3-6,9-11,18H,7-8,12-13H2,1-2H3/t18-/m0/s1. The maximum Gasteiger partial charge on any atom is 0.290 e. The number of benzene rings is 2. The van der Waals surface area contributed by atoms with Crippen LogP contribution in [-0.4, -0.2) is 36.8 Å². The van der Waals surface area contributed by atoms with Crippen LogP contribution in [0.1, 0.15) is 33.7 Å². The van der Waals surface area contributed by atoms with Gasteiger partial charge in [0.2, 0.25) is 0 Å². The molecule has 0 bridgehead atoms. The monoisotopic (exact) mass is 443 g/mol. The number of halogens is 1. The molecule has 2 heterocycles. The van der Waals surface area contributed by atoms with Crippen LogP contribution < -0.4 is 5.43 Å². The Hall–Kier alpha value is -3.00. The van der Waals surface area contributed by atoms with Crippen molar-refractivity contribution in [2.24, 2.45) is 0 Å². The molecule has 8 heteroatoms. The van der Waals surface area contributed by atoms with Crippen molar-refractivity contribution in [1.82, 2.24) is 4.90 Å². The van der Waals surface area contributed by atoms with Gasteiger partial charge in [0.1, 0.15) is 11.4 Å². The molecule has 1 aliphatic heterocycles. The maximum absolute atomic E-state index is 13.4. The van der Waals surface area contributed by atoms with E-state index in [1.807, 2.05) is 13.0 Å². The summed E-state index contributed by atoms with van der Waals surface area (Å²) in [4.78, 5) is 27.5. The number of hydrogen-bond donors (Lipinski definition) is 0. The van der Waals surface area contributed by atoms with Crippen molar-refractivity contribution in [2.75, 3.05) is 11.5 Å². The van der Waals surface area contributed by atoms with Crippen molar-refractivity contribution in [3.8, 4) is 0 Å². The molecule has 6 nitrogen and oxygen atoms in total. The van der Waals surface area contributed by atoms with Crippen LogP contribution in [0.3, 0.4) is 0 Å². The number of aryl methyl sites for hydroxylation is 2. The van der Waals surface area contributed by atoms with Crippen molar-refractivity contribution in [1.29, 1.82) is 0 Å². The van der Waals surface area contributed by atoms with E-state index in [1.165, 1.54) is 17.0 Å². The summed E-state index contributed by atoms with van der Waals surface area (Å²) in [6, 6.07) is 9.83. The van der Waals surface area contributed by atoms with Crippen molar-refractivity contribution in [3.05, 3.63) is 81.0 Å². The molecule has 1 aliphatic rings. The number of sulfone groups is 1. The SMILES string of the molecule is Cc1cc(C)c2oc(C(=O)N(Cc3ccc(F)cc3)[C@H]3CCS(=O)(=O)C3)cc(=O)c2c1. The van der Waals surface area contributed by atoms with Gasteiger partial charge in [-0.1, -0.05) is 18.2 Å². The molecule has 1 aromatic heterocycles. The fraction of sp³-hybridized carbons (Fsp3) is 0.304. The molecular weight excluding hydrogens is 421 g/mol. The number of hydrogen-bond acceptors (Lipinski definition) is 5. The lowest BCUT2D eigenvalue weighted by Gasteiger charge is -2.28. The lowest BCUT2D eigenvalue weighted by molar-refractivity contribution is 0.0648. The normalized spacial score (nSPS) is 17.7. The number of fused-ring (bicyclic) bond motifs is 1. The molecule has 0 N–H and O–H groups in total. The summed E-state index contributed by atoms with van der Waals surface area (Å²) in [5.74, 6) is -1.28. The van der Waals surface area contributed by atoms with Gasteiger partial charge in [-0.15, -0.1) is 0 Å². The predicted molar refractivity (Wildman–Crippen MR) is 115 cm³/mol. The molecule has 1 amide bonds. The number of amides is 1. The van der Waals surface area contributed by atoms with Gasteiger partial charge >= 0.3 is 0 Å².